The largest absolute Gasteiger partial charge is 0.331 e. The van der Waals surface area contributed by atoms with E-state index in [0.717, 1.165) is 11.4 Å². The summed E-state index contributed by atoms with van der Waals surface area (Å²) in [6.07, 6.45) is 3.44. The van der Waals surface area contributed by atoms with Crippen molar-refractivity contribution in [2.24, 2.45) is 0 Å². The topological polar surface area (TPSA) is 59.0 Å². The Hall–Kier alpha value is -1.82. The number of urea groups is 1. The molecule has 18 heavy (non-hydrogen) atoms. The minimum absolute atomic E-state index is 0.00576. The Morgan fingerprint density at radius 2 is 2.44 bits per heavy atom. The van der Waals surface area contributed by atoms with Gasteiger partial charge in [0.1, 0.15) is 0 Å². The lowest BCUT2D eigenvalue weighted by atomic mass is 10.3. The molecule has 0 aliphatic rings. The number of anilines is 1. The van der Waals surface area contributed by atoms with Crippen molar-refractivity contribution in [3.8, 4) is 0 Å². The van der Waals surface area contributed by atoms with Gasteiger partial charge in [-0.25, -0.2) is 4.79 Å². The number of nitrogens with one attached hydrogen (secondary N) is 2. The minimum Gasteiger partial charge on any atom is -0.331 e. The highest BCUT2D eigenvalue weighted by molar-refractivity contribution is 7.10. The predicted octanol–water partition coefficient (Wildman–Crippen LogP) is 2.85. The molecule has 2 amide bonds. The van der Waals surface area contributed by atoms with E-state index in [0.29, 0.717) is 5.69 Å². The van der Waals surface area contributed by atoms with Crippen LogP contribution in [0.5, 0.6) is 0 Å². The Bertz CT molecular complexity index is 506. The van der Waals surface area contributed by atoms with Crippen LogP contribution < -0.4 is 10.6 Å². The summed E-state index contributed by atoms with van der Waals surface area (Å²) in [5.74, 6) is 0. The molecule has 1 atom stereocenters. The SMILES string of the molecule is CCn1cc(NC(=O)N[C@@H](C)c2cccs2)cn1. The first kappa shape index (κ1) is 12.6. The number of aryl methyl sites for hydroxylation is 1. The van der Waals surface area contributed by atoms with E-state index in [1.165, 1.54) is 0 Å². The standard InChI is InChI=1S/C12H16N4OS/c1-3-16-8-10(7-13-16)15-12(17)14-9(2)11-5-4-6-18-11/h4-9H,3H2,1-2H3,(H2,14,15,17)/t9-/m0/s1. The highest BCUT2D eigenvalue weighted by Crippen LogP contribution is 2.18. The van der Waals surface area contributed by atoms with E-state index in [-0.39, 0.29) is 12.1 Å². The minimum atomic E-state index is -0.216. The van der Waals surface area contributed by atoms with Crippen molar-refractivity contribution < 1.29 is 4.79 Å². The second kappa shape index (κ2) is 5.68. The lowest BCUT2D eigenvalue weighted by Crippen LogP contribution is -2.30. The molecule has 2 aromatic rings. The zero-order valence-electron chi connectivity index (χ0n) is 10.4. The lowest BCUT2D eigenvalue weighted by Gasteiger charge is -2.12. The van der Waals surface area contributed by atoms with Gasteiger partial charge in [0.2, 0.25) is 0 Å². The van der Waals surface area contributed by atoms with E-state index >= 15 is 0 Å². The third kappa shape index (κ3) is 3.10. The van der Waals surface area contributed by atoms with Crippen LogP contribution in [0.1, 0.15) is 24.8 Å². The van der Waals surface area contributed by atoms with Crippen LogP contribution in [0.4, 0.5) is 10.5 Å². The number of amides is 2. The molecule has 2 heterocycles. The molecule has 5 nitrogen and oxygen atoms in total. The first-order valence-corrected chi connectivity index (χ1v) is 6.70. The van der Waals surface area contributed by atoms with Gasteiger partial charge in [-0.1, -0.05) is 6.07 Å². The molecule has 2 aromatic heterocycles. The number of carbonyl (C=O) groups is 1. The van der Waals surface area contributed by atoms with Crippen LogP contribution in [0.3, 0.4) is 0 Å². The quantitative estimate of drug-likeness (QED) is 0.892. The number of hydrogen-bond donors (Lipinski definition) is 2. The van der Waals surface area contributed by atoms with Gasteiger partial charge in [-0.2, -0.15) is 5.10 Å². The monoisotopic (exact) mass is 264 g/mol. The Labute approximate surface area is 110 Å². The van der Waals surface area contributed by atoms with Crippen molar-refractivity contribution in [3.63, 3.8) is 0 Å². The summed E-state index contributed by atoms with van der Waals surface area (Å²) in [7, 11) is 0. The number of nitrogens with zero attached hydrogens (tertiary/aromatic N) is 2. The van der Waals surface area contributed by atoms with Gasteiger partial charge in [0.25, 0.3) is 0 Å². The van der Waals surface area contributed by atoms with Crippen molar-refractivity contribution in [2.75, 3.05) is 5.32 Å². The van der Waals surface area contributed by atoms with Crippen LogP contribution in [-0.2, 0) is 6.54 Å². The molecule has 6 heteroatoms. The van der Waals surface area contributed by atoms with E-state index in [1.54, 1.807) is 28.4 Å². The van der Waals surface area contributed by atoms with Crippen molar-refractivity contribution in [1.29, 1.82) is 0 Å². The molecule has 0 saturated carbocycles. The van der Waals surface area contributed by atoms with E-state index in [1.807, 2.05) is 31.4 Å². The Morgan fingerprint density at radius 3 is 3.06 bits per heavy atom. The second-order valence-electron chi connectivity index (χ2n) is 3.92. The zero-order valence-corrected chi connectivity index (χ0v) is 11.2. The average Bonchev–Trinajstić information content (AvgIpc) is 2.98. The van der Waals surface area contributed by atoms with Crippen molar-refractivity contribution in [3.05, 3.63) is 34.8 Å². The summed E-state index contributed by atoms with van der Waals surface area (Å²) in [5, 5.41) is 11.7. The number of hydrogen-bond acceptors (Lipinski definition) is 3. The molecule has 0 aliphatic carbocycles. The van der Waals surface area contributed by atoms with Crippen molar-refractivity contribution >= 4 is 23.1 Å². The Morgan fingerprint density at radius 1 is 1.61 bits per heavy atom. The van der Waals surface area contributed by atoms with Crippen LogP contribution in [0, 0.1) is 0 Å². The fourth-order valence-corrected chi connectivity index (χ4v) is 2.31. The highest BCUT2D eigenvalue weighted by Gasteiger charge is 2.10. The van der Waals surface area contributed by atoms with Crippen molar-refractivity contribution in [1.82, 2.24) is 15.1 Å². The molecule has 2 rings (SSSR count). The van der Waals surface area contributed by atoms with E-state index in [4.69, 9.17) is 0 Å². The molecule has 0 unspecified atom stereocenters. The van der Waals surface area contributed by atoms with Crippen LogP contribution in [-0.4, -0.2) is 15.8 Å². The van der Waals surface area contributed by atoms with Crippen LogP contribution in [0.2, 0.25) is 0 Å². The van der Waals surface area contributed by atoms with Gasteiger partial charge >= 0.3 is 6.03 Å². The summed E-state index contributed by atoms with van der Waals surface area (Å²) < 4.78 is 1.76. The molecule has 96 valence electrons. The van der Waals surface area contributed by atoms with Gasteiger partial charge in [0.15, 0.2) is 0 Å². The third-order valence-corrected chi connectivity index (χ3v) is 3.59. The lowest BCUT2D eigenvalue weighted by molar-refractivity contribution is 0.249. The van der Waals surface area contributed by atoms with E-state index < -0.39 is 0 Å². The second-order valence-corrected chi connectivity index (χ2v) is 4.90. The van der Waals surface area contributed by atoms with E-state index in [2.05, 4.69) is 15.7 Å². The highest BCUT2D eigenvalue weighted by atomic mass is 32.1. The molecule has 0 aliphatic heterocycles. The molecular formula is C12H16N4OS. The maximum Gasteiger partial charge on any atom is 0.319 e. The van der Waals surface area contributed by atoms with Gasteiger partial charge in [-0.15, -0.1) is 11.3 Å². The van der Waals surface area contributed by atoms with Crippen LogP contribution in [0.25, 0.3) is 0 Å². The summed E-state index contributed by atoms with van der Waals surface area (Å²) >= 11 is 1.63. The first-order chi connectivity index (χ1) is 8.69. The average molecular weight is 264 g/mol. The summed E-state index contributed by atoms with van der Waals surface area (Å²) in [6.45, 7) is 4.74. The van der Waals surface area contributed by atoms with Gasteiger partial charge in [-0.3, -0.25) is 4.68 Å². The normalized spacial score (nSPS) is 12.1. The van der Waals surface area contributed by atoms with Gasteiger partial charge in [-0.05, 0) is 25.3 Å². The summed E-state index contributed by atoms with van der Waals surface area (Å²) in [4.78, 5) is 12.9. The molecule has 0 spiro atoms. The smallest absolute Gasteiger partial charge is 0.319 e. The van der Waals surface area contributed by atoms with Gasteiger partial charge in [0, 0.05) is 17.6 Å². The fourth-order valence-electron chi connectivity index (χ4n) is 1.57. The van der Waals surface area contributed by atoms with Crippen LogP contribution in [0.15, 0.2) is 29.9 Å². The molecular weight excluding hydrogens is 248 g/mol. The van der Waals surface area contributed by atoms with E-state index in [9.17, 15) is 4.79 Å². The number of rotatable bonds is 4. The summed E-state index contributed by atoms with van der Waals surface area (Å²) in [5.41, 5.74) is 0.702. The fraction of sp³-hybridized carbons (Fsp3) is 0.333. The molecule has 0 aromatic carbocycles. The molecule has 0 saturated heterocycles. The molecule has 0 radical (unpaired) electrons. The van der Waals surface area contributed by atoms with Gasteiger partial charge < -0.3 is 10.6 Å². The zero-order chi connectivity index (χ0) is 13.0. The number of thiophene rings is 1. The number of carbonyl (C=O) groups excluding carboxylic acids is 1. The molecule has 0 bridgehead atoms. The maximum atomic E-state index is 11.8. The first-order valence-electron chi connectivity index (χ1n) is 5.82. The molecule has 2 N–H and O–H groups in total. The summed E-state index contributed by atoms with van der Waals surface area (Å²) in [6, 6.07) is 3.77. The number of aromatic nitrogens is 2. The van der Waals surface area contributed by atoms with Crippen molar-refractivity contribution in [2.45, 2.75) is 26.4 Å². The third-order valence-electron chi connectivity index (χ3n) is 2.53. The van der Waals surface area contributed by atoms with Gasteiger partial charge in [0.05, 0.1) is 17.9 Å². The Kier molecular flexibility index (Phi) is 3.99. The maximum absolute atomic E-state index is 11.8. The van der Waals surface area contributed by atoms with Crippen LogP contribution >= 0.6 is 11.3 Å². The molecule has 0 fully saturated rings. The predicted molar refractivity (Wildman–Crippen MR) is 72.8 cm³/mol. The Balaban J connectivity index is 1.88.